The number of para-hydroxylation sites is 1. The first-order valence-electron chi connectivity index (χ1n) is 10.6. The first kappa shape index (κ1) is 20.3. The van der Waals surface area contributed by atoms with Crippen LogP contribution in [-0.4, -0.2) is 67.6 Å². The zero-order valence-electron chi connectivity index (χ0n) is 17.4. The number of anilines is 2. The van der Waals surface area contributed by atoms with Crippen molar-refractivity contribution in [2.45, 2.75) is 19.8 Å². The van der Waals surface area contributed by atoms with Gasteiger partial charge in [0.2, 0.25) is 5.91 Å². The van der Waals surface area contributed by atoms with Gasteiger partial charge in [0.25, 0.3) is 0 Å². The summed E-state index contributed by atoms with van der Waals surface area (Å²) in [7, 11) is 0. The number of carbonyl (C=O) groups is 2. The molecule has 0 bridgehead atoms. The fourth-order valence-corrected chi connectivity index (χ4v) is 4.11. The molecule has 2 aliphatic rings. The van der Waals surface area contributed by atoms with Crippen molar-refractivity contribution < 1.29 is 14.3 Å². The molecule has 0 aliphatic carbocycles. The van der Waals surface area contributed by atoms with Gasteiger partial charge in [0, 0.05) is 44.6 Å². The molecule has 0 radical (unpaired) electrons. The highest BCUT2D eigenvalue weighted by Crippen LogP contribution is 2.27. The number of esters is 1. The van der Waals surface area contributed by atoms with Crippen LogP contribution in [0.5, 0.6) is 0 Å². The molecule has 0 spiro atoms. The van der Waals surface area contributed by atoms with Crippen molar-refractivity contribution in [3.8, 4) is 0 Å². The second kappa shape index (κ2) is 9.26. The number of aromatic nitrogens is 1. The van der Waals surface area contributed by atoms with Crippen LogP contribution in [0.2, 0.25) is 0 Å². The quantitative estimate of drug-likeness (QED) is 0.708. The Kier molecular flexibility index (Phi) is 6.28. The molecule has 158 valence electrons. The van der Waals surface area contributed by atoms with E-state index in [2.05, 4.69) is 26.9 Å². The van der Waals surface area contributed by atoms with Gasteiger partial charge in [0.05, 0.1) is 18.7 Å². The van der Waals surface area contributed by atoms with Crippen molar-refractivity contribution in [1.82, 2.24) is 9.88 Å². The lowest BCUT2D eigenvalue weighted by Gasteiger charge is -2.37. The highest BCUT2D eigenvalue weighted by molar-refractivity contribution is 5.96. The Morgan fingerprint density at radius 1 is 1.03 bits per heavy atom. The van der Waals surface area contributed by atoms with E-state index in [0.717, 1.165) is 57.1 Å². The number of amides is 1. The number of nitrogens with zero attached hydrogens (tertiary/aromatic N) is 4. The third-order valence-electron chi connectivity index (χ3n) is 5.73. The Balaban J connectivity index is 1.31. The molecule has 1 amide bonds. The summed E-state index contributed by atoms with van der Waals surface area (Å²) >= 11 is 0. The van der Waals surface area contributed by atoms with Crippen LogP contribution >= 0.6 is 0 Å². The van der Waals surface area contributed by atoms with E-state index >= 15 is 0 Å². The monoisotopic (exact) mass is 408 g/mol. The van der Waals surface area contributed by atoms with E-state index in [1.807, 2.05) is 23.1 Å². The zero-order valence-corrected chi connectivity index (χ0v) is 17.4. The summed E-state index contributed by atoms with van der Waals surface area (Å²) < 4.78 is 5.00. The van der Waals surface area contributed by atoms with E-state index in [1.165, 1.54) is 5.56 Å². The first-order chi connectivity index (χ1) is 14.7. The van der Waals surface area contributed by atoms with E-state index in [9.17, 15) is 9.59 Å². The molecule has 30 heavy (non-hydrogen) atoms. The minimum atomic E-state index is -0.348. The molecule has 7 heteroatoms. The topological polar surface area (TPSA) is 66.0 Å². The van der Waals surface area contributed by atoms with Gasteiger partial charge >= 0.3 is 5.97 Å². The van der Waals surface area contributed by atoms with Crippen LogP contribution in [0.4, 0.5) is 11.5 Å². The average molecular weight is 409 g/mol. The summed E-state index contributed by atoms with van der Waals surface area (Å²) in [6, 6.07) is 11.8. The van der Waals surface area contributed by atoms with Gasteiger partial charge in [-0.15, -0.1) is 0 Å². The van der Waals surface area contributed by atoms with E-state index in [0.29, 0.717) is 18.7 Å². The van der Waals surface area contributed by atoms with Gasteiger partial charge in [-0.2, -0.15) is 0 Å². The Labute approximate surface area is 177 Å². The van der Waals surface area contributed by atoms with Crippen molar-refractivity contribution >= 4 is 23.4 Å². The molecule has 3 heterocycles. The number of ether oxygens (including phenoxy) is 1. The molecule has 7 nitrogen and oxygen atoms in total. The third kappa shape index (κ3) is 4.46. The predicted octanol–water partition coefficient (Wildman–Crippen LogP) is 2.36. The summed E-state index contributed by atoms with van der Waals surface area (Å²) in [5.41, 5.74) is 2.80. The number of carbonyl (C=O) groups excluding carboxylic acids is 2. The summed E-state index contributed by atoms with van der Waals surface area (Å²) in [6.07, 6.45) is 3.63. The van der Waals surface area contributed by atoms with Gasteiger partial charge in [-0.1, -0.05) is 18.2 Å². The van der Waals surface area contributed by atoms with Crippen LogP contribution < -0.4 is 9.80 Å². The van der Waals surface area contributed by atoms with Crippen molar-refractivity contribution in [3.63, 3.8) is 0 Å². The standard InChI is InChI=1S/C23H28N4O3/c1-2-30-23(29)19-9-10-21(24-16-19)26-14-12-25(13-15-26)17-22(28)27-11-5-7-18-6-3-4-8-20(18)27/h3-4,6,8-10,16H,2,5,7,11-15,17H2,1H3. The lowest BCUT2D eigenvalue weighted by Crippen LogP contribution is -2.51. The van der Waals surface area contributed by atoms with E-state index in [4.69, 9.17) is 4.74 Å². The van der Waals surface area contributed by atoms with Crippen LogP contribution in [0.15, 0.2) is 42.6 Å². The molecule has 1 saturated heterocycles. The van der Waals surface area contributed by atoms with Gasteiger partial charge in [-0.05, 0) is 43.5 Å². The summed E-state index contributed by atoms with van der Waals surface area (Å²) in [6.45, 7) is 6.60. The molecule has 0 saturated carbocycles. The van der Waals surface area contributed by atoms with Crippen LogP contribution in [0.25, 0.3) is 0 Å². The normalized spacial score (nSPS) is 16.8. The first-order valence-corrected chi connectivity index (χ1v) is 10.6. The minimum absolute atomic E-state index is 0.174. The fourth-order valence-electron chi connectivity index (χ4n) is 4.11. The van der Waals surface area contributed by atoms with Crippen LogP contribution in [0, 0.1) is 0 Å². The SMILES string of the molecule is CCOC(=O)c1ccc(N2CCN(CC(=O)N3CCCc4ccccc43)CC2)nc1. The van der Waals surface area contributed by atoms with Crippen molar-refractivity contribution in [2.75, 3.05) is 55.7 Å². The number of piperazine rings is 1. The van der Waals surface area contributed by atoms with Crippen molar-refractivity contribution in [1.29, 1.82) is 0 Å². The number of fused-ring (bicyclic) bond motifs is 1. The molecular weight excluding hydrogens is 380 g/mol. The summed E-state index contributed by atoms with van der Waals surface area (Å²) in [4.78, 5) is 35.5. The predicted molar refractivity (Wildman–Crippen MR) is 116 cm³/mol. The minimum Gasteiger partial charge on any atom is -0.462 e. The molecule has 0 N–H and O–H groups in total. The van der Waals surface area contributed by atoms with Gasteiger partial charge in [0.15, 0.2) is 0 Å². The number of hydrogen-bond acceptors (Lipinski definition) is 6. The van der Waals surface area contributed by atoms with E-state index in [-0.39, 0.29) is 11.9 Å². The zero-order chi connectivity index (χ0) is 20.9. The summed E-state index contributed by atoms with van der Waals surface area (Å²) in [5.74, 6) is 0.672. The van der Waals surface area contributed by atoms with Crippen molar-refractivity contribution in [2.24, 2.45) is 0 Å². The molecule has 0 unspecified atom stereocenters. The highest BCUT2D eigenvalue weighted by atomic mass is 16.5. The van der Waals surface area contributed by atoms with E-state index < -0.39 is 0 Å². The second-order valence-corrected chi connectivity index (χ2v) is 7.67. The van der Waals surface area contributed by atoms with Gasteiger partial charge < -0.3 is 14.5 Å². The molecular formula is C23H28N4O3. The number of aryl methyl sites for hydroxylation is 1. The smallest absolute Gasteiger partial charge is 0.339 e. The maximum atomic E-state index is 12.9. The Hall–Kier alpha value is -2.93. The number of pyridine rings is 1. The molecule has 1 aromatic heterocycles. The Morgan fingerprint density at radius 3 is 2.57 bits per heavy atom. The van der Waals surface area contributed by atoms with Crippen LogP contribution in [0.1, 0.15) is 29.3 Å². The van der Waals surface area contributed by atoms with Gasteiger partial charge in [-0.3, -0.25) is 9.69 Å². The third-order valence-corrected chi connectivity index (χ3v) is 5.73. The Bertz CT molecular complexity index is 892. The lowest BCUT2D eigenvalue weighted by molar-refractivity contribution is -0.119. The van der Waals surface area contributed by atoms with Gasteiger partial charge in [0.1, 0.15) is 5.82 Å². The number of rotatable bonds is 5. The molecule has 0 atom stereocenters. The number of hydrogen-bond donors (Lipinski definition) is 0. The molecule has 1 fully saturated rings. The largest absolute Gasteiger partial charge is 0.462 e. The van der Waals surface area contributed by atoms with E-state index in [1.54, 1.807) is 19.2 Å². The van der Waals surface area contributed by atoms with Crippen molar-refractivity contribution in [3.05, 3.63) is 53.7 Å². The molecule has 4 rings (SSSR count). The summed E-state index contributed by atoms with van der Waals surface area (Å²) in [5, 5.41) is 0. The van der Waals surface area contributed by atoms with Crippen LogP contribution in [0.3, 0.4) is 0 Å². The highest BCUT2D eigenvalue weighted by Gasteiger charge is 2.26. The van der Waals surface area contributed by atoms with Crippen LogP contribution in [-0.2, 0) is 16.0 Å². The second-order valence-electron chi connectivity index (χ2n) is 7.67. The maximum Gasteiger partial charge on any atom is 0.339 e. The molecule has 2 aromatic rings. The molecule has 1 aromatic carbocycles. The average Bonchev–Trinajstić information content (AvgIpc) is 2.79. The molecule has 2 aliphatic heterocycles. The van der Waals surface area contributed by atoms with Gasteiger partial charge in [-0.25, -0.2) is 9.78 Å². The fraction of sp³-hybridized carbons (Fsp3) is 0.435. The Morgan fingerprint density at radius 2 is 1.83 bits per heavy atom. The number of benzene rings is 1. The lowest BCUT2D eigenvalue weighted by atomic mass is 10.0. The maximum absolute atomic E-state index is 12.9.